The number of carboxylic acids is 1. The lowest BCUT2D eigenvalue weighted by Crippen LogP contribution is -2.42. The molecule has 1 rings (SSSR count). The summed E-state index contributed by atoms with van der Waals surface area (Å²) in [5, 5.41) is 8.89. The van der Waals surface area contributed by atoms with Gasteiger partial charge in [0.05, 0.1) is 11.4 Å². The van der Waals surface area contributed by atoms with E-state index in [9.17, 15) is 9.18 Å². The molecule has 0 heterocycles. The lowest BCUT2D eigenvalue weighted by atomic mass is 9.74. The molecule has 0 fully saturated rings. The number of aliphatic carboxylic acids is 1. The number of carbonyl (C=O) groups is 1. The Hall–Kier alpha value is -1.13. The van der Waals surface area contributed by atoms with Crippen molar-refractivity contribution >= 4 is 17.6 Å². The van der Waals surface area contributed by atoms with Crippen molar-refractivity contribution in [3.05, 3.63) is 34.6 Å². The normalized spacial score (nSPS) is 16.3. The molecular formula is C12H15ClFNO2. The molecule has 3 nitrogen and oxygen atoms in total. The standard InChI is InChI=1S/C12H15ClFNO2/c1-7(15)12(2,6-11(16)17)8-3-4-10(14)9(13)5-8/h3-5,7H,6,15H2,1-2H3,(H,16,17). The maximum Gasteiger partial charge on any atom is 0.304 e. The van der Waals surface area contributed by atoms with Crippen LogP contribution >= 0.6 is 11.6 Å². The maximum atomic E-state index is 13.1. The van der Waals surface area contributed by atoms with Crippen LogP contribution in [0.1, 0.15) is 25.8 Å². The second-order valence-electron chi connectivity index (χ2n) is 4.41. The van der Waals surface area contributed by atoms with Crippen LogP contribution in [0.5, 0.6) is 0 Å². The van der Waals surface area contributed by atoms with E-state index in [0.29, 0.717) is 5.56 Å². The van der Waals surface area contributed by atoms with E-state index >= 15 is 0 Å². The Morgan fingerprint density at radius 2 is 2.24 bits per heavy atom. The van der Waals surface area contributed by atoms with Crippen molar-refractivity contribution in [2.75, 3.05) is 0 Å². The quantitative estimate of drug-likeness (QED) is 0.873. The van der Waals surface area contributed by atoms with Gasteiger partial charge >= 0.3 is 5.97 Å². The first-order chi connectivity index (χ1) is 7.77. The number of rotatable bonds is 4. The summed E-state index contributed by atoms with van der Waals surface area (Å²) < 4.78 is 13.1. The molecule has 2 unspecified atom stereocenters. The fourth-order valence-electron chi connectivity index (χ4n) is 1.69. The van der Waals surface area contributed by atoms with E-state index in [1.54, 1.807) is 13.8 Å². The van der Waals surface area contributed by atoms with Crippen molar-refractivity contribution in [2.24, 2.45) is 5.73 Å². The van der Waals surface area contributed by atoms with Gasteiger partial charge in [-0.2, -0.15) is 0 Å². The summed E-state index contributed by atoms with van der Waals surface area (Å²) >= 11 is 5.70. The van der Waals surface area contributed by atoms with Gasteiger partial charge in [0.15, 0.2) is 0 Å². The molecule has 2 atom stereocenters. The summed E-state index contributed by atoms with van der Waals surface area (Å²) in [5.74, 6) is -1.48. The average Bonchev–Trinajstić information content (AvgIpc) is 2.20. The van der Waals surface area contributed by atoms with E-state index in [1.807, 2.05) is 0 Å². The number of benzene rings is 1. The summed E-state index contributed by atoms with van der Waals surface area (Å²) in [5.41, 5.74) is 5.69. The first-order valence-corrected chi connectivity index (χ1v) is 5.58. The Kier molecular flexibility index (Phi) is 4.11. The highest BCUT2D eigenvalue weighted by molar-refractivity contribution is 6.30. The lowest BCUT2D eigenvalue weighted by Gasteiger charge is -2.32. The zero-order chi connectivity index (χ0) is 13.2. The summed E-state index contributed by atoms with van der Waals surface area (Å²) in [4.78, 5) is 10.9. The van der Waals surface area contributed by atoms with Gasteiger partial charge in [-0.25, -0.2) is 4.39 Å². The van der Waals surface area contributed by atoms with Gasteiger partial charge in [-0.15, -0.1) is 0 Å². The fraction of sp³-hybridized carbons (Fsp3) is 0.417. The van der Waals surface area contributed by atoms with Crippen LogP contribution in [0.3, 0.4) is 0 Å². The lowest BCUT2D eigenvalue weighted by molar-refractivity contribution is -0.138. The third-order valence-electron chi connectivity index (χ3n) is 3.10. The Morgan fingerprint density at radius 3 is 2.65 bits per heavy atom. The second kappa shape index (κ2) is 5.02. The molecule has 1 aromatic rings. The van der Waals surface area contributed by atoms with Crippen molar-refractivity contribution in [3.63, 3.8) is 0 Å². The van der Waals surface area contributed by atoms with E-state index < -0.39 is 17.2 Å². The molecule has 94 valence electrons. The second-order valence-corrected chi connectivity index (χ2v) is 4.81. The van der Waals surface area contributed by atoms with Crippen LogP contribution in [-0.4, -0.2) is 17.1 Å². The number of hydrogen-bond acceptors (Lipinski definition) is 2. The van der Waals surface area contributed by atoms with E-state index in [4.69, 9.17) is 22.4 Å². The fourth-order valence-corrected chi connectivity index (χ4v) is 1.87. The predicted octanol–water partition coefficient (Wildman–Crippen LogP) is 2.56. The minimum absolute atomic E-state index is 0.0280. The molecule has 0 saturated carbocycles. The van der Waals surface area contributed by atoms with Crippen LogP contribution in [0.15, 0.2) is 18.2 Å². The first kappa shape index (κ1) is 13.9. The number of carboxylic acid groups (broad SMARTS) is 1. The highest BCUT2D eigenvalue weighted by Crippen LogP contribution is 2.32. The molecule has 3 N–H and O–H groups in total. The Labute approximate surface area is 104 Å². The van der Waals surface area contributed by atoms with Crippen LogP contribution in [0.25, 0.3) is 0 Å². The smallest absolute Gasteiger partial charge is 0.304 e. The van der Waals surface area contributed by atoms with Gasteiger partial charge in [-0.05, 0) is 24.6 Å². The molecule has 0 bridgehead atoms. The summed E-state index contributed by atoms with van der Waals surface area (Å²) in [6, 6.07) is 3.79. The molecular weight excluding hydrogens is 245 g/mol. The minimum Gasteiger partial charge on any atom is -0.481 e. The predicted molar refractivity (Wildman–Crippen MR) is 64.7 cm³/mol. The van der Waals surface area contributed by atoms with Crippen LogP contribution in [-0.2, 0) is 10.2 Å². The molecule has 5 heteroatoms. The molecule has 0 spiro atoms. The largest absolute Gasteiger partial charge is 0.481 e. The SMILES string of the molecule is CC(N)C(C)(CC(=O)O)c1ccc(F)c(Cl)c1. The van der Waals surface area contributed by atoms with E-state index in [2.05, 4.69) is 0 Å². The molecule has 0 amide bonds. The van der Waals surface area contributed by atoms with Crippen LogP contribution in [0, 0.1) is 5.82 Å². The Balaban J connectivity index is 3.22. The van der Waals surface area contributed by atoms with Gasteiger partial charge in [0, 0.05) is 11.5 Å². The van der Waals surface area contributed by atoms with E-state index in [0.717, 1.165) is 0 Å². The van der Waals surface area contributed by atoms with Crippen LogP contribution in [0.2, 0.25) is 5.02 Å². The Morgan fingerprint density at radius 1 is 1.65 bits per heavy atom. The van der Waals surface area contributed by atoms with Crippen molar-refractivity contribution in [3.8, 4) is 0 Å². The monoisotopic (exact) mass is 259 g/mol. The zero-order valence-electron chi connectivity index (χ0n) is 9.71. The Bertz CT molecular complexity index is 437. The molecule has 0 aliphatic carbocycles. The van der Waals surface area contributed by atoms with Crippen LogP contribution in [0.4, 0.5) is 4.39 Å². The maximum absolute atomic E-state index is 13.1. The molecule has 0 saturated heterocycles. The highest BCUT2D eigenvalue weighted by atomic mass is 35.5. The van der Waals surface area contributed by atoms with Crippen molar-refractivity contribution in [1.82, 2.24) is 0 Å². The molecule has 0 aromatic heterocycles. The minimum atomic E-state index is -0.953. The molecule has 0 aliphatic rings. The van der Waals surface area contributed by atoms with Crippen molar-refractivity contribution < 1.29 is 14.3 Å². The average molecular weight is 260 g/mol. The number of halogens is 2. The van der Waals surface area contributed by atoms with Gasteiger partial charge in [0.2, 0.25) is 0 Å². The van der Waals surface area contributed by atoms with Gasteiger partial charge in [-0.3, -0.25) is 4.79 Å². The zero-order valence-corrected chi connectivity index (χ0v) is 10.5. The number of hydrogen-bond donors (Lipinski definition) is 2. The summed E-state index contributed by atoms with van der Waals surface area (Å²) in [6.07, 6.45) is -0.132. The van der Waals surface area contributed by atoms with Gasteiger partial charge < -0.3 is 10.8 Å². The van der Waals surface area contributed by atoms with Gasteiger partial charge in [-0.1, -0.05) is 24.6 Å². The first-order valence-electron chi connectivity index (χ1n) is 5.20. The van der Waals surface area contributed by atoms with Crippen molar-refractivity contribution in [1.29, 1.82) is 0 Å². The van der Waals surface area contributed by atoms with Gasteiger partial charge in [0.25, 0.3) is 0 Å². The molecule has 17 heavy (non-hydrogen) atoms. The molecule has 0 radical (unpaired) electrons. The van der Waals surface area contributed by atoms with Crippen molar-refractivity contribution in [2.45, 2.75) is 31.7 Å². The van der Waals surface area contributed by atoms with E-state index in [1.165, 1.54) is 18.2 Å². The third kappa shape index (κ3) is 2.96. The van der Waals surface area contributed by atoms with E-state index in [-0.39, 0.29) is 17.5 Å². The third-order valence-corrected chi connectivity index (χ3v) is 3.39. The summed E-state index contributed by atoms with van der Waals surface area (Å²) in [7, 11) is 0. The number of nitrogens with two attached hydrogens (primary N) is 1. The topological polar surface area (TPSA) is 63.3 Å². The molecule has 0 aliphatic heterocycles. The van der Waals surface area contributed by atoms with Crippen LogP contribution < -0.4 is 5.73 Å². The highest BCUT2D eigenvalue weighted by Gasteiger charge is 2.34. The summed E-state index contributed by atoms with van der Waals surface area (Å²) in [6.45, 7) is 3.45. The molecule has 1 aromatic carbocycles. The van der Waals surface area contributed by atoms with Gasteiger partial charge in [0.1, 0.15) is 5.82 Å².